The van der Waals surface area contributed by atoms with Gasteiger partial charge in [-0.1, -0.05) is 24.3 Å². The number of carbonyl (C=O) groups excluding carboxylic acids is 2. The van der Waals surface area contributed by atoms with Crippen molar-refractivity contribution in [1.82, 2.24) is 5.32 Å². The van der Waals surface area contributed by atoms with E-state index < -0.39 is 6.04 Å². The Kier molecular flexibility index (Phi) is 3.31. The van der Waals surface area contributed by atoms with Gasteiger partial charge >= 0.3 is 0 Å². The number of carbonyl (C=O) groups is 2. The molecule has 3 rings (SSSR count). The van der Waals surface area contributed by atoms with Crippen molar-refractivity contribution in [1.29, 1.82) is 0 Å². The molecule has 0 spiro atoms. The maximum atomic E-state index is 12.1. The van der Waals surface area contributed by atoms with E-state index in [9.17, 15) is 9.59 Å². The minimum absolute atomic E-state index is 0.0958. The van der Waals surface area contributed by atoms with Crippen LogP contribution in [0, 0.1) is 0 Å². The second kappa shape index (κ2) is 5.28. The molecule has 0 saturated carbocycles. The lowest BCUT2D eigenvalue weighted by atomic mass is 10.1. The van der Waals surface area contributed by atoms with Gasteiger partial charge in [-0.05, 0) is 24.3 Å². The van der Waals surface area contributed by atoms with E-state index in [4.69, 9.17) is 0 Å². The first kappa shape index (κ1) is 13.2. The van der Waals surface area contributed by atoms with Crippen molar-refractivity contribution in [2.75, 3.05) is 17.7 Å². The molecular weight excluding hydrogens is 266 g/mol. The maximum absolute atomic E-state index is 12.1. The molecule has 1 aliphatic rings. The van der Waals surface area contributed by atoms with E-state index in [0.29, 0.717) is 5.56 Å². The Labute approximate surface area is 122 Å². The van der Waals surface area contributed by atoms with Crippen molar-refractivity contribution in [2.45, 2.75) is 6.04 Å². The van der Waals surface area contributed by atoms with Crippen molar-refractivity contribution in [3.8, 4) is 0 Å². The Morgan fingerprint density at radius 3 is 2.76 bits per heavy atom. The quantitative estimate of drug-likeness (QED) is 0.807. The molecule has 5 heteroatoms. The van der Waals surface area contributed by atoms with Crippen LogP contribution < -0.4 is 16.0 Å². The lowest BCUT2D eigenvalue weighted by Gasteiger charge is -2.13. The summed E-state index contributed by atoms with van der Waals surface area (Å²) in [6, 6.07) is 14.2. The molecular formula is C16H15N3O2. The summed E-state index contributed by atoms with van der Waals surface area (Å²) < 4.78 is 0. The molecule has 2 aromatic carbocycles. The molecule has 106 valence electrons. The third-order valence-electron chi connectivity index (χ3n) is 3.45. The number of nitrogens with one attached hydrogen (secondary N) is 3. The smallest absolute Gasteiger partial charge is 0.251 e. The predicted molar refractivity (Wildman–Crippen MR) is 81.3 cm³/mol. The largest absolute Gasteiger partial charge is 0.370 e. The topological polar surface area (TPSA) is 70.2 Å². The van der Waals surface area contributed by atoms with Gasteiger partial charge in [-0.3, -0.25) is 9.59 Å². The average molecular weight is 281 g/mol. The van der Waals surface area contributed by atoms with Gasteiger partial charge in [-0.25, -0.2) is 0 Å². The van der Waals surface area contributed by atoms with Gasteiger partial charge in [0.1, 0.15) is 6.04 Å². The summed E-state index contributed by atoms with van der Waals surface area (Å²) in [7, 11) is 1.59. The summed E-state index contributed by atoms with van der Waals surface area (Å²) in [5.74, 6) is -0.253. The summed E-state index contributed by atoms with van der Waals surface area (Å²) in [5, 5.41) is 8.59. The van der Waals surface area contributed by atoms with E-state index in [1.54, 1.807) is 25.2 Å². The van der Waals surface area contributed by atoms with Crippen LogP contribution in [0.4, 0.5) is 11.4 Å². The van der Waals surface area contributed by atoms with Crippen LogP contribution in [0.1, 0.15) is 22.0 Å². The molecule has 0 radical (unpaired) electrons. The molecule has 0 aromatic heterocycles. The number of para-hydroxylation sites is 1. The van der Waals surface area contributed by atoms with E-state index in [-0.39, 0.29) is 11.8 Å². The van der Waals surface area contributed by atoms with Gasteiger partial charge in [0.05, 0.1) is 0 Å². The van der Waals surface area contributed by atoms with E-state index in [0.717, 1.165) is 16.9 Å². The molecule has 1 aliphatic heterocycles. The molecule has 0 fully saturated rings. The number of amides is 2. The van der Waals surface area contributed by atoms with E-state index in [2.05, 4.69) is 16.0 Å². The SMILES string of the molecule is CNC(=O)c1cccc(NC2C(=O)Nc3ccccc32)c1. The standard InChI is InChI=1S/C16H15N3O2/c1-17-15(20)10-5-4-6-11(9-10)18-14-12-7-2-3-8-13(12)19-16(14)21/h2-9,14,18H,1H3,(H,17,20)(H,19,21). The fourth-order valence-electron chi connectivity index (χ4n) is 2.41. The van der Waals surface area contributed by atoms with Crippen molar-refractivity contribution in [3.63, 3.8) is 0 Å². The Morgan fingerprint density at radius 2 is 1.95 bits per heavy atom. The van der Waals surface area contributed by atoms with Crippen LogP contribution in [-0.2, 0) is 4.79 Å². The second-order valence-electron chi connectivity index (χ2n) is 4.81. The number of anilines is 2. The molecule has 1 atom stereocenters. The maximum Gasteiger partial charge on any atom is 0.251 e. The summed E-state index contributed by atoms with van der Waals surface area (Å²) in [6.45, 7) is 0. The zero-order chi connectivity index (χ0) is 14.8. The average Bonchev–Trinajstić information content (AvgIpc) is 2.83. The summed E-state index contributed by atoms with van der Waals surface area (Å²) in [6.07, 6.45) is 0. The lowest BCUT2D eigenvalue weighted by Crippen LogP contribution is -2.21. The zero-order valence-electron chi connectivity index (χ0n) is 11.5. The van der Waals surface area contributed by atoms with E-state index >= 15 is 0 Å². The molecule has 1 heterocycles. The number of benzene rings is 2. The molecule has 1 unspecified atom stereocenters. The van der Waals surface area contributed by atoms with Crippen LogP contribution in [0.5, 0.6) is 0 Å². The lowest BCUT2D eigenvalue weighted by molar-refractivity contribution is -0.116. The van der Waals surface area contributed by atoms with Gasteiger partial charge in [-0.15, -0.1) is 0 Å². The Bertz CT molecular complexity index is 712. The van der Waals surface area contributed by atoms with Crippen LogP contribution in [0.25, 0.3) is 0 Å². The van der Waals surface area contributed by atoms with Gasteiger partial charge in [0.15, 0.2) is 0 Å². The molecule has 5 nitrogen and oxygen atoms in total. The Balaban J connectivity index is 1.87. The number of rotatable bonds is 3. The third kappa shape index (κ3) is 2.45. The Hall–Kier alpha value is -2.82. The van der Waals surface area contributed by atoms with Gasteiger partial charge in [0, 0.05) is 29.5 Å². The van der Waals surface area contributed by atoms with Crippen LogP contribution in [0.2, 0.25) is 0 Å². The Morgan fingerprint density at radius 1 is 1.14 bits per heavy atom. The zero-order valence-corrected chi connectivity index (χ0v) is 11.5. The highest BCUT2D eigenvalue weighted by molar-refractivity contribution is 6.04. The summed E-state index contributed by atoms with van der Waals surface area (Å²) in [4.78, 5) is 23.7. The molecule has 21 heavy (non-hydrogen) atoms. The van der Waals surface area contributed by atoms with Crippen LogP contribution in [0.15, 0.2) is 48.5 Å². The van der Waals surface area contributed by atoms with E-state index in [1.807, 2.05) is 30.3 Å². The minimum Gasteiger partial charge on any atom is -0.370 e. The van der Waals surface area contributed by atoms with E-state index in [1.165, 1.54) is 0 Å². The molecule has 0 saturated heterocycles. The van der Waals surface area contributed by atoms with Gasteiger partial charge in [0.25, 0.3) is 11.8 Å². The second-order valence-corrected chi connectivity index (χ2v) is 4.81. The van der Waals surface area contributed by atoms with Crippen LogP contribution in [-0.4, -0.2) is 18.9 Å². The summed E-state index contributed by atoms with van der Waals surface area (Å²) in [5.41, 5.74) is 3.01. The number of fused-ring (bicyclic) bond motifs is 1. The fraction of sp³-hybridized carbons (Fsp3) is 0.125. The molecule has 0 aliphatic carbocycles. The first-order valence-electron chi connectivity index (χ1n) is 6.67. The first-order chi connectivity index (χ1) is 10.2. The normalized spacial score (nSPS) is 16.0. The fourth-order valence-corrected chi connectivity index (χ4v) is 2.41. The molecule has 3 N–H and O–H groups in total. The van der Waals surface area contributed by atoms with Gasteiger partial charge < -0.3 is 16.0 Å². The van der Waals surface area contributed by atoms with Crippen LogP contribution >= 0.6 is 0 Å². The van der Waals surface area contributed by atoms with Crippen molar-refractivity contribution < 1.29 is 9.59 Å². The van der Waals surface area contributed by atoms with Crippen LogP contribution in [0.3, 0.4) is 0 Å². The van der Waals surface area contributed by atoms with Gasteiger partial charge in [-0.2, -0.15) is 0 Å². The molecule has 0 bridgehead atoms. The van der Waals surface area contributed by atoms with Crippen molar-refractivity contribution in [2.24, 2.45) is 0 Å². The number of hydrogen-bond acceptors (Lipinski definition) is 3. The highest BCUT2D eigenvalue weighted by Crippen LogP contribution is 2.32. The monoisotopic (exact) mass is 281 g/mol. The van der Waals surface area contributed by atoms with Gasteiger partial charge in [0.2, 0.25) is 0 Å². The minimum atomic E-state index is -0.443. The first-order valence-corrected chi connectivity index (χ1v) is 6.67. The van der Waals surface area contributed by atoms with Crippen molar-refractivity contribution >= 4 is 23.2 Å². The summed E-state index contributed by atoms with van der Waals surface area (Å²) >= 11 is 0. The highest BCUT2D eigenvalue weighted by Gasteiger charge is 2.29. The number of hydrogen-bond donors (Lipinski definition) is 3. The predicted octanol–water partition coefficient (Wildman–Crippen LogP) is 2.15. The molecule has 2 aromatic rings. The van der Waals surface area contributed by atoms with Crippen molar-refractivity contribution in [3.05, 3.63) is 59.7 Å². The third-order valence-corrected chi connectivity index (χ3v) is 3.45. The molecule has 2 amide bonds. The highest BCUT2D eigenvalue weighted by atomic mass is 16.2.